The van der Waals surface area contributed by atoms with Crippen LogP contribution in [0, 0.1) is 16.0 Å². The number of urea groups is 1. The van der Waals surface area contributed by atoms with Crippen LogP contribution in [0.5, 0.6) is 0 Å². The molecular formula is C22H23N3O5. The van der Waals surface area contributed by atoms with Crippen LogP contribution in [0.3, 0.4) is 0 Å². The van der Waals surface area contributed by atoms with Gasteiger partial charge >= 0.3 is 12.0 Å². The highest BCUT2D eigenvalue weighted by molar-refractivity contribution is 6.03. The number of nitrogens with zero attached hydrogens (tertiary/aromatic N) is 2. The van der Waals surface area contributed by atoms with E-state index in [1.54, 1.807) is 37.3 Å². The molecular weight excluding hydrogens is 386 g/mol. The largest absolute Gasteiger partial charge is 0.462 e. The average molecular weight is 409 g/mol. The third-order valence-electron chi connectivity index (χ3n) is 4.71. The highest BCUT2D eigenvalue weighted by atomic mass is 16.6. The average Bonchev–Trinajstić information content (AvgIpc) is 2.72. The monoisotopic (exact) mass is 409 g/mol. The number of hydrogen-bond donors (Lipinski definition) is 1. The summed E-state index contributed by atoms with van der Waals surface area (Å²) in [5, 5.41) is 14.3. The molecule has 1 aliphatic rings. The lowest BCUT2D eigenvalue weighted by atomic mass is 9.93. The first-order valence-electron chi connectivity index (χ1n) is 9.58. The topological polar surface area (TPSA) is 102 Å². The number of benzene rings is 2. The number of nitro groups is 1. The molecule has 1 heterocycles. The van der Waals surface area contributed by atoms with Gasteiger partial charge in [-0.15, -0.1) is 0 Å². The molecule has 0 saturated heterocycles. The maximum atomic E-state index is 13.0. The van der Waals surface area contributed by atoms with Gasteiger partial charge in [-0.2, -0.15) is 0 Å². The third kappa shape index (κ3) is 4.17. The summed E-state index contributed by atoms with van der Waals surface area (Å²) in [6.07, 6.45) is 0. The van der Waals surface area contributed by atoms with E-state index in [9.17, 15) is 19.7 Å². The van der Waals surface area contributed by atoms with Crippen molar-refractivity contribution in [2.24, 2.45) is 5.92 Å². The van der Waals surface area contributed by atoms with E-state index in [0.717, 1.165) is 0 Å². The van der Waals surface area contributed by atoms with Crippen molar-refractivity contribution >= 4 is 23.4 Å². The molecule has 0 fully saturated rings. The van der Waals surface area contributed by atoms with Crippen molar-refractivity contribution in [3.8, 4) is 0 Å². The van der Waals surface area contributed by atoms with E-state index in [4.69, 9.17) is 4.74 Å². The molecule has 1 atom stereocenters. The molecule has 0 unspecified atom stereocenters. The number of amides is 2. The molecule has 1 N–H and O–H groups in total. The van der Waals surface area contributed by atoms with Gasteiger partial charge in [-0.1, -0.05) is 44.2 Å². The SMILES string of the molecule is CC1=C(C(=O)OCC(C)C)[C@H](c2ccccc2[N+](=O)[O-])NC(=O)N1c1ccccc1. The van der Waals surface area contributed by atoms with Crippen molar-refractivity contribution in [2.45, 2.75) is 26.8 Å². The van der Waals surface area contributed by atoms with Gasteiger partial charge in [0, 0.05) is 11.8 Å². The summed E-state index contributed by atoms with van der Waals surface area (Å²) in [5.41, 5.74) is 1.13. The van der Waals surface area contributed by atoms with Crippen molar-refractivity contribution in [1.82, 2.24) is 5.32 Å². The first kappa shape index (κ1) is 21.0. The van der Waals surface area contributed by atoms with Crippen molar-refractivity contribution < 1.29 is 19.2 Å². The molecule has 2 amide bonds. The molecule has 0 saturated carbocycles. The Kier molecular flexibility index (Phi) is 6.15. The Labute approximate surface area is 174 Å². The quantitative estimate of drug-likeness (QED) is 0.434. The predicted molar refractivity (Wildman–Crippen MR) is 112 cm³/mol. The molecule has 0 radical (unpaired) electrons. The van der Waals surface area contributed by atoms with E-state index < -0.39 is 23.0 Å². The fourth-order valence-electron chi connectivity index (χ4n) is 3.35. The Hall–Kier alpha value is -3.68. The number of ether oxygens (including phenoxy) is 1. The third-order valence-corrected chi connectivity index (χ3v) is 4.71. The summed E-state index contributed by atoms with van der Waals surface area (Å²) in [6.45, 7) is 5.65. The van der Waals surface area contributed by atoms with E-state index in [1.165, 1.54) is 23.1 Å². The van der Waals surface area contributed by atoms with E-state index in [-0.39, 0.29) is 29.3 Å². The number of carbonyl (C=O) groups excluding carboxylic acids is 2. The lowest BCUT2D eigenvalue weighted by molar-refractivity contribution is -0.385. The molecule has 8 heteroatoms. The molecule has 1 aliphatic heterocycles. The summed E-state index contributed by atoms with van der Waals surface area (Å²) in [5.74, 6) is -0.506. The van der Waals surface area contributed by atoms with E-state index >= 15 is 0 Å². The standard InChI is InChI=1S/C22H23N3O5/c1-14(2)13-30-21(26)19-15(3)24(16-9-5-4-6-10-16)22(27)23-20(19)17-11-7-8-12-18(17)25(28)29/h4-12,14,20H,13H2,1-3H3,(H,23,27)/t20-/m0/s1. The van der Waals surface area contributed by atoms with Gasteiger partial charge in [0.05, 0.1) is 34.4 Å². The lowest BCUT2D eigenvalue weighted by Gasteiger charge is -2.35. The fourth-order valence-corrected chi connectivity index (χ4v) is 3.35. The van der Waals surface area contributed by atoms with Gasteiger partial charge in [0.15, 0.2) is 0 Å². The van der Waals surface area contributed by atoms with E-state index in [2.05, 4.69) is 5.32 Å². The minimum Gasteiger partial charge on any atom is -0.462 e. The highest BCUT2D eigenvalue weighted by Gasteiger charge is 2.39. The second-order valence-electron chi connectivity index (χ2n) is 7.36. The summed E-state index contributed by atoms with van der Waals surface area (Å²) < 4.78 is 5.44. The van der Waals surface area contributed by atoms with Crippen LogP contribution in [0.15, 0.2) is 65.9 Å². The van der Waals surface area contributed by atoms with Crippen molar-refractivity contribution in [1.29, 1.82) is 0 Å². The zero-order valence-corrected chi connectivity index (χ0v) is 17.0. The summed E-state index contributed by atoms with van der Waals surface area (Å²) in [4.78, 5) is 38.4. The second kappa shape index (κ2) is 8.77. The van der Waals surface area contributed by atoms with Crippen LogP contribution in [0.2, 0.25) is 0 Å². The minimum absolute atomic E-state index is 0.114. The van der Waals surface area contributed by atoms with Crippen molar-refractivity contribution in [3.63, 3.8) is 0 Å². The molecule has 30 heavy (non-hydrogen) atoms. The summed E-state index contributed by atoms with van der Waals surface area (Å²) in [7, 11) is 0. The first-order chi connectivity index (χ1) is 14.3. The smallest absolute Gasteiger partial charge is 0.338 e. The van der Waals surface area contributed by atoms with Crippen molar-refractivity contribution in [3.05, 3.63) is 81.5 Å². The Balaban J connectivity index is 2.15. The van der Waals surface area contributed by atoms with Crippen LogP contribution < -0.4 is 10.2 Å². The molecule has 2 aromatic rings. The zero-order chi connectivity index (χ0) is 21.8. The Morgan fingerprint density at radius 2 is 1.80 bits per heavy atom. The zero-order valence-electron chi connectivity index (χ0n) is 17.0. The number of para-hydroxylation sites is 2. The number of anilines is 1. The van der Waals surface area contributed by atoms with Gasteiger partial charge < -0.3 is 10.1 Å². The second-order valence-corrected chi connectivity index (χ2v) is 7.36. The molecule has 0 aromatic heterocycles. The molecule has 8 nitrogen and oxygen atoms in total. The number of esters is 1. The number of allylic oxidation sites excluding steroid dienone is 1. The lowest BCUT2D eigenvalue weighted by Crippen LogP contribution is -2.48. The van der Waals surface area contributed by atoms with Crippen LogP contribution >= 0.6 is 0 Å². The Morgan fingerprint density at radius 1 is 1.17 bits per heavy atom. The first-order valence-corrected chi connectivity index (χ1v) is 9.58. The van der Waals surface area contributed by atoms with E-state index in [1.807, 2.05) is 19.9 Å². The predicted octanol–water partition coefficient (Wildman–Crippen LogP) is 4.34. The number of nitro benzene ring substituents is 1. The number of rotatable bonds is 6. The fraction of sp³-hybridized carbons (Fsp3) is 0.273. The maximum absolute atomic E-state index is 13.0. The van der Waals surface area contributed by atoms with Crippen LogP contribution in [-0.2, 0) is 9.53 Å². The van der Waals surface area contributed by atoms with Crippen LogP contribution in [0.25, 0.3) is 0 Å². The normalized spacial score (nSPS) is 16.5. The molecule has 0 bridgehead atoms. The maximum Gasteiger partial charge on any atom is 0.338 e. The molecule has 156 valence electrons. The van der Waals surface area contributed by atoms with Gasteiger partial charge in [-0.25, -0.2) is 9.59 Å². The van der Waals surface area contributed by atoms with Gasteiger partial charge in [-0.05, 0) is 31.0 Å². The van der Waals surface area contributed by atoms with Crippen LogP contribution in [0.4, 0.5) is 16.2 Å². The summed E-state index contributed by atoms with van der Waals surface area (Å²) >= 11 is 0. The molecule has 3 rings (SSSR count). The minimum atomic E-state index is -1.00. The van der Waals surface area contributed by atoms with Crippen LogP contribution in [-0.4, -0.2) is 23.5 Å². The van der Waals surface area contributed by atoms with Gasteiger partial charge in [0.25, 0.3) is 5.69 Å². The van der Waals surface area contributed by atoms with E-state index in [0.29, 0.717) is 11.4 Å². The molecule has 0 aliphatic carbocycles. The number of hydrogen-bond acceptors (Lipinski definition) is 5. The van der Waals surface area contributed by atoms with Gasteiger partial charge in [-0.3, -0.25) is 15.0 Å². The molecule has 0 spiro atoms. The highest BCUT2D eigenvalue weighted by Crippen LogP contribution is 2.37. The van der Waals surface area contributed by atoms with Crippen molar-refractivity contribution in [2.75, 3.05) is 11.5 Å². The summed E-state index contributed by atoms with van der Waals surface area (Å²) in [6, 6.07) is 13.4. The Morgan fingerprint density at radius 3 is 2.43 bits per heavy atom. The van der Waals surface area contributed by atoms with Crippen LogP contribution in [0.1, 0.15) is 32.4 Å². The van der Waals surface area contributed by atoms with Gasteiger partial charge in [0.1, 0.15) is 0 Å². The number of carbonyl (C=O) groups is 2. The van der Waals surface area contributed by atoms with Gasteiger partial charge in [0.2, 0.25) is 0 Å². The number of nitrogens with one attached hydrogen (secondary N) is 1. The molecule has 2 aromatic carbocycles. The Bertz CT molecular complexity index is 1000.